The van der Waals surface area contributed by atoms with Crippen LogP contribution in [0.25, 0.3) is 10.9 Å². The first kappa shape index (κ1) is 27.3. The second kappa shape index (κ2) is 14.3. The molecule has 194 valence electrons. The summed E-state index contributed by atoms with van der Waals surface area (Å²) in [5.41, 5.74) is 3.29. The summed E-state index contributed by atoms with van der Waals surface area (Å²) in [4.78, 5) is 33.2. The standard InChI is InChI=1S/C29H39N3O4/c1-4-9-28(33)31(17-8-19-35-3)22-29(34)32(21-23-12-14-25(15-13-23)36-5-2)18-16-24-20-30-27-11-7-6-10-26(24)27/h6-7,10-15,20,30H,4-5,8-9,16-19,21-22H2,1-3H3. The number of hydrogen-bond acceptors (Lipinski definition) is 4. The van der Waals surface area contributed by atoms with Crippen molar-refractivity contribution in [3.8, 4) is 5.75 Å². The largest absolute Gasteiger partial charge is 0.494 e. The summed E-state index contributed by atoms with van der Waals surface area (Å²) in [7, 11) is 1.65. The lowest BCUT2D eigenvalue weighted by atomic mass is 10.1. The zero-order valence-corrected chi connectivity index (χ0v) is 21.8. The average molecular weight is 494 g/mol. The van der Waals surface area contributed by atoms with Crippen LogP contribution in [0, 0.1) is 0 Å². The second-order valence-electron chi connectivity index (χ2n) is 8.91. The molecule has 3 aromatic rings. The van der Waals surface area contributed by atoms with Crippen molar-refractivity contribution in [3.05, 3.63) is 65.9 Å². The molecule has 36 heavy (non-hydrogen) atoms. The fourth-order valence-corrected chi connectivity index (χ4v) is 4.29. The van der Waals surface area contributed by atoms with Crippen LogP contribution in [0.4, 0.5) is 0 Å². The maximum atomic E-state index is 13.6. The summed E-state index contributed by atoms with van der Waals surface area (Å²) < 4.78 is 10.7. The number of ether oxygens (including phenoxy) is 2. The lowest BCUT2D eigenvalue weighted by Crippen LogP contribution is -2.43. The molecule has 0 saturated carbocycles. The fourth-order valence-electron chi connectivity index (χ4n) is 4.29. The summed E-state index contributed by atoms with van der Waals surface area (Å²) in [5.74, 6) is 0.776. The number of nitrogens with zero attached hydrogens (tertiary/aromatic N) is 2. The molecular formula is C29H39N3O4. The highest BCUT2D eigenvalue weighted by Crippen LogP contribution is 2.20. The topological polar surface area (TPSA) is 74.9 Å². The summed E-state index contributed by atoms with van der Waals surface area (Å²) >= 11 is 0. The molecule has 2 aromatic carbocycles. The Morgan fingerprint density at radius 1 is 0.944 bits per heavy atom. The number of H-pyrrole nitrogens is 1. The highest BCUT2D eigenvalue weighted by molar-refractivity contribution is 5.85. The van der Waals surface area contributed by atoms with E-state index < -0.39 is 0 Å². The van der Waals surface area contributed by atoms with Crippen LogP contribution in [-0.4, -0.2) is 66.6 Å². The van der Waals surface area contributed by atoms with Crippen molar-refractivity contribution < 1.29 is 19.1 Å². The SMILES string of the molecule is CCCC(=O)N(CCCOC)CC(=O)N(CCc1c[nH]c2ccccc12)Cc1ccc(OCC)cc1. The molecule has 1 aromatic heterocycles. The molecule has 7 heteroatoms. The van der Waals surface area contributed by atoms with Crippen molar-refractivity contribution in [2.75, 3.05) is 40.0 Å². The van der Waals surface area contributed by atoms with Gasteiger partial charge in [-0.15, -0.1) is 0 Å². The molecular weight excluding hydrogens is 454 g/mol. The minimum absolute atomic E-state index is 0.0135. The van der Waals surface area contributed by atoms with Crippen molar-refractivity contribution in [2.24, 2.45) is 0 Å². The van der Waals surface area contributed by atoms with Crippen LogP contribution < -0.4 is 4.74 Å². The van der Waals surface area contributed by atoms with Crippen LogP contribution in [-0.2, 0) is 27.3 Å². The first-order chi connectivity index (χ1) is 17.5. The van der Waals surface area contributed by atoms with Crippen molar-refractivity contribution in [2.45, 2.75) is 46.1 Å². The quantitative estimate of drug-likeness (QED) is 0.309. The van der Waals surface area contributed by atoms with E-state index in [-0.39, 0.29) is 18.4 Å². The number of amides is 2. The van der Waals surface area contributed by atoms with Gasteiger partial charge >= 0.3 is 0 Å². The zero-order chi connectivity index (χ0) is 25.8. The van der Waals surface area contributed by atoms with E-state index in [0.717, 1.165) is 29.7 Å². The Morgan fingerprint density at radius 3 is 2.44 bits per heavy atom. The molecule has 7 nitrogen and oxygen atoms in total. The van der Waals surface area contributed by atoms with Crippen LogP contribution in [0.1, 0.15) is 44.2 Å². The second-order valence-corrected chi connectivity index (χ2v) is 8.91. The molecule has 2 amide bonds. The van der Waals surface area contributed by atoms with E-state index in [1.165, 1.54) is 10.9 Å². The molecule has 0 bridgehead atoms. The highest BCUT2D eigenvalue weighted by Gasteiger charge is 2.21. The molecule has 0 radical (unpaired) electrons. The van der Waals surface area contributed by atoms with Gasteiger partial charge in [0.25, 0.3) is 0 Å². The van der Waals surface area contributed by atoms with E-state index in [0.29, 0.717) is 45.7 Å². The minimum atomic E-state index is -0.0504. The summed E-state index contributed by atoms with van der Waals surface area (Å²) in [5, 5.41) is 1.17. The average Bonchev–Trinajstić information content (AvgIpc) is 3.30. The lowest BCUT2D eigenvalue weighted by Gasteiger charge is -2.28. The molecule has 0 spiro atoms. The summed E-state index contributed by atoms with van der Waals surface area (Å²) in [6, 6.07) is 16.0. The Hall–Kier alpha value is -3.32. The Balaban J connectivity index is 1.76. The molecule has 0 aliphatic carbocycles. The van der Waals surface area contributed by atoms with Gasteiger partial charge in [-0.1, -0.05) is 37.3 Å². The van der Waals surface area contributed by atoms with Crippen molar-refractivity contribution >= 4 is 22.7 Å². The van der Waals surface area contributed by atoms with E-state index in [1.54, 1.807) is 12.0 Å². The van der Waals surface area contributed by atoms with E-state index in [2.05, 4.69) is 17.1 Å². The number of hydrogen-bond donors (Lipinski definition) is 1. The summed E-state index contributed by atoms with van der Waals surface area (Å²) in [6.45, 7) is 6.72. The Bertz CT molecular complexity index is 1090. The third-order valence-electron chi connectivity index (χ3n) is 6.21. The Labute approximate surface area is 214 Å². The van der Waals surface area contributed by atoms with Gasteiger partial charge in [-0.25, -0.2) is 0 Å². The van der Waals surface area contributed by atoms with Gasteiger partial charge in [0.15, 0.2) is 0 Å². The van der Waals surface area contributed by atoms with Crippen LogP contribution in [0.5, 0.6) is 5.75 Å². The predicted octanol–water partition coefficient (Wildman–Crippen LogP) is 4.80. The predicted molar refractivity (Wildman–Crippen MR) is 143 cm³/mol. The third-order valence-corrected chi connectivity index (χ3v) is 6.21. The first-order valence-corrected chi connectivity index (χ1v) is 12.9. The zero-order valence-electron chi connectivity index (χ0n) is 21.8. The number of carbonyl (C=O) groups excluding carboxylic acids is 2. The maximum absolute atomic E-state index is 13.6. The Morgan fingerprint density at radius 2 is 1.72 bits per heavy atom. The number of rotatable bonds is 15. The molecule has 1 N–H and O–H groups in total. The first-order valence-electron chi connectivity index (χ1n) is 12.9. The van der Waals surface area contributed by atoms with Crippen LogP contribution >= 0.6 is 0 Å². The molecule has 1 heterocycles. The van der Waals surface area contributed by atoms with Gasteiger partial charge in [-0.2, -0.15) is 0 Å². The van der Waals surface area contributed by atoms with Crippen LogP contribution in [0.15, 0.2) is 54.7 Å². The maximum Gasteiger partial charge on any atom is 0.242 e. The molecule has 0 fully saturated rings. The van der Waals surface area contributed by atoms with Gasteiger partial charge in [-0.05, 0) is 55.5 Å². The van der Waals surface area contributed by atoms with Gasteiger partial charge in [-0.3, -0.25) is 9.59 Å². The number of aromatic nitrogens is 1. The van der Waals surface area contributed by atoms with Crippen molar-refractivity contribution in [1.82, 2.24) is 14.8 Å². The normalized spacial score (nSPS) is 11.0. The molecule has 3 rings (SSSR count). The van der Waals surface area contributed by atoms with Crippen LogP contribution in [0.2, 0.25) is 0 Å². The minimum Gasteiger partial charge on any atom is -0.494 e. The summed E-state index contributed by atoms with van der Waals surface area (Å²) in [6.07, 6.45) is 4.64. The molecule has 0 atom stereocenters. The molecule has 0 aliphatic heterocycles. The van der Waals surface area contributed by atoms with Gasteiger partial charge in [0.1, 0.15) is 5.75 Å². The number of carbonyl (C=O) groups is 2. The van der Waals surface area contributed by atoms with Crippen molar-refractivity contribution in [1.29, 1.82) is 0 Å². The number of para-hydroxylation sites is 1. The number of benzene rings is 2. The highest BCUT2D eigenvalue weighted by atomic mass is 16.5. The van der Waals surface area contributed by atoms with E-state index in [4.69, 9.17) is 9.47 Å². The smallest absolute Gasteiger partial charge is 0.242 e. The number of fused-ring (bicyclic) bond motifs is 1. The number of aromatic amines is 1. The van der Waals surface area contributed by atoms with Gasteiger partial charge in [0, 0.05) is 56.9 Å². The van der Waals surface area contributed by atoms with E-state index >= 15 is 0 Å². The van der Waals surface area contributed by atoms with Gasteiger partial charge < -0.3 is 24.3 Å². The Kier molecular flexibility index (Phi) is 10.8. The third kappa shape index (κ3) is 7.85. The molecule has 0 aliphatic rings. The van der Waals surface area contributed by atoms with Crippen LogP contribution in [0.3, 0.4) is 0 Å². The molecule has 0 unspecified atom stereocenters. The van der Waals surface area contributed by atoms with E-state index in [9.17, 15) is 9.59 Å². The van der Waals surface area contributed by atoms with Gasteiger partial charge in [0.2, 0.25) is 11.8 Å². The molecule has 0 saturated heterocycles. The number of nitrogens with one attached hydrogen (secondary N) is 1. The number of methoxy groups -OCH3 is 1. The lowest BCUT2D eigenvalue weighted by molar-refractivity contribution is -0.141. The van der Waals surface area contributed by atoms with Crippen molar-refractivity contribution in [3.63, 3.8) is 0 Å². The monoisotopic (exact) mass is 493 g/mol. The van der Waals surface area contributed by atoms with E-state index in [1.807, 2.05) is 61.3 Å². The fraction of sp³-hybridized carbons (Fsp3) is 0.448. The van der Waals surface area contributed by atoms with Gasteiger partial charge in [0.05, 0.1) is 13.2 Å².